The molecule has 2 unspecified atom stereocenters. The number of amides is 3. The number of carbonyl (C=O) groups excluding carboxylic acids is 3. The summed E-state index contributed by atoms with van der Waals surface area (Å²) in [5.74, 6) is 5.04. The number of anilines is 4. The van der Waals surface area contributed by atoms with Crippen molar-refractivity contribution in [3.63, 3.8) is 0 Å². The Hall–Kier alpha value is -12.0. The van der Waals surface area contributed by atoms with Gasteiger partial charge in [-0.3, -0.25) is 24.3 Å². The molecule has 514 valence electrons. The maximum atomic E-state index is 12.0. The predicted molar refractivity (Wildman–Crippen MR) is 380 cm³/mol. The zero-order valence-electron chi connectivity index (χ0n) is 55.7. The number of benzene rings is 3. The van der Waals surface area contributed by atoms with Crippen LogP contribution in [-0.2, 0) is 9.59 Å². The van der Waals surface area contributed by atoms with E-state index in [-0.39, 0.29) is 37.1 Å². The Kier molecular flexibility index (Phi) is 21.0. The number of primary amides is 1. The maximum absolute atomic E-state index is 12.0. The Morgan fingerprint density at radius 1 is 0.500 bits per heavy atom. The van der Waals surface area contributed by atoms with E-state index >= 15 is 0 Å². The van der Waals surface area contributed by atoms with E-state index < -0.39 is 5.91 Å². The van der Waals surface area contributed by atoms with Gasteiger partial charge in [-0.2, -0.15) is 20.4 Å². The van der Waals surface area contributed by atoms with Gasteiger partial charge in [0.05, 0.1) is 31.0 Å². The number of aromatic nitrogens is 13. The SMILES string of the molecule is CC1CNCCOc2cccc(c2)-c2cnn3ccc(nc23)N1.CC1CNc2ccn3ncc(c3n2)-c2cccc(c2)OCC(=O)N1.CCCCN1CCNc2ccn3ncc(c3n2)-c2cc(cc(C(N)=O)c2)OCC1.O=C1COc2cncc(c2)-c2cnn3ccc(nc23)NCCCN1. The predicted octanol–water partition coefficient (Wildman–Crippen LogP) is 7.39. The number of fused-ring (bicyclic) bond motifs is 16. The summed E-state index contributed by atoms with van der Waals surface area (Å²) < 4.78 is 29.9. The summed E-state index contributed by atoms with van der Waals surface area (Å²) in [5.41, 5.74) is 16.2. The molecule has 9 aromatic heterocycles. The number of nitrogens with one attached hydrogen (secondary N) is 7. The summed E-state index contributed by atoms with van der Waals surface area (Å²) in [6.07, 6.45) is 21.1. The van der Waals surface area contributed by atoms with E-state index in [2.05, 4.69) is 97.4 Å². The van der Waals surface area contributed by atoms with Gasteiger partial charge in [-0.15, -0.1) is 0 Å². The van der Waals surface area contributed by atoms with Gasteiger partial charge in [0.15, 0.2) is 35.8 Å². The highest BCUT2D eigenvalue weighted by atomic mass is 16.5. The second-order valence-corrected chi connectivity index (χ2v) is 24.3. The molecule has 100 heavy (non-hydrogen) atoms. The van der Waals surface area contributed by atoms with E-state index in [0.29, 0.717) is 61.3 Å². The van der Waals surface area contributed by atoms with Crippen LogP contribution in [0.2, 0.25) is 0 Å². The smallest absolute Gasteiger partial charge is 0.258 e. The zero-order chi connectivity index (χ0) is 68.7. The third-order valence-electron chi connectivity index (χ3n) is 16.6. The van der Waals surface area contributed by atoms with Crippen LogP contribution in [0.3, 0.4) is 0 Å². The van der Waals surface area contributed by atoms with Gasteiger partial charge >= 0.3 is 0 Å². The number of unbranched alkanes of at least 4 members (excludes halogenated alkanes) is 1. The van der Waals surface area contributed by atoms with Gasteiger partial charge in [0.2, 0.25) is 5.91 Å². The highest BCUT2D eigenvalue weighted by Crippen LogP contribution is 2.33. The van der Waals surface area contributed by atoms with E-state index in [1.54, 1.807) is 61.2 Å². The Balaban J connectivity index is 0.000000120. The van der Waals surface area contributed by atoms with Gasteiger partial charge in [0.1, 0.15) is 59.5 Å². The highest BCUT2D eigenvalue weighted by molar-refractivity contribution is 5.95. The van der Waals surface area contributed by atoms with Crippen LogP contribution < -0.4 is 61.9 Å². The fourth-order valence-electron chi connectivity index (χ4n) is 11.5. The maximum Gasteiger partial charge on any atom is 0.258 e. The van der Waals surface area contributed by atoms with Crippen LogP contribution in [0.25, 0.3) is 67.1 Å². The molecule has 0 spiro atoms. The van der Waals surface area contributed by atoms with Crippen LogP contribution in [-0.4, -0.2) is 183 Å². The van der Waals surface area contributed by atoms with Crippen LogP contribution in [0.5, 0.6) is 23.0 Å². The first kappa shape index (κ1) is 66.6. The fourth-order valence-corrected chi connectivity index (χ4v) is 11.5. The summed E-state index contributed by atoms with van der Waals surface area (Å²) >= 11 is 0. The van der Waals surface area contributed by atoms with Crippen molar-refractivity contribution in [2.75, 3.05) is 107 Å². The minimum absolute atomic E-state index is 0.0131. The van der Waals surface area contributed by atoms with Crippen molar-refractivity contribution < 1.29 is 33.3 Å². The molecule has 0 fully saturated rings. The summed E-state index contributed by atoms with van der Waals surface area (Å²) in [6, 6.07) is 30.7. The molecule has 29 heteroatoms. The monoisotopic (exact) mass is 1350 g/mol. The van der Waals surface area contributed by atoms with Crippen molar-refractivity contribution in [1.82, 2.24) is 84.2 Å². The second kappa shape index (κ2) is 31.5. The molecule has 9 N–H and O–H groups in total. The van der Waals surface area contributed by atoms with Gasteiger partial charge in [-0.25, -0.2) is 38.0 Å². The molecule has 0 saturated carbocycles. The first-order chi connectivity index (χ1) is 48.9. The normalized spacial score (nSPS) is 16.4. The van der Waals surface area contributed by atoms with Crippen molar-refractivity contribution in [3.05, 3.63) is 165 Å². The number of hydrogen-bond acceptors (Lipinski definition) is 22. The summed E-state index contributed by atoms with van der Waals surface area (Å²) in [6.45, 7) is 14.4. The molecule has 2 atom stereocenters. The molecule has 16 bridgehead atoms. The van der Waals surface area contributed by atoms with Crippen molar-refractivity contribution in [1.29, 1.82) is 0 Å². The summed E-state index contributed by atoms with van der Waals surface area (Å²) in [7, 11) is 0. The number of nitrogens with two attached hydrogens (primary N) is 1. The molecule has 16 rings (SSSR count). The van der Waals surface area contributed by atoms with Crippen molar-refractivity contribution >= 4 is 63.6 Å². The van der Waals surface area contributed by atoms with E-state index in [1.165, 1.54) is 0 Å². The quantitative estimate of drug-likeness (QED) is 0.0851. The van der Waals surface area contributed by atoms with E-state index in [4.69, 9.17) is 34.6 Å². The van der Waals surface area contributed by atoms with Crippen molar-refractivity contribution in [3.8, 4) is 67.5 Å². The summed E-state index contributed by atoms with van der Waals surface area (Å²) in [4.78, 5) is 60.9. The van der Waals surface area contributed by atoms with Gasteiger partial charge in [-0.1, -0.05) is 37.6 Å². The number of hydrogen-bond donors (Lipinski definition) is 8. The molecule has 4 aliphatic heterocycles. The topological polar surface area (TPSA) is 335 Å². The lowest BCUT2D eigenvalue weighted by Crippen LogP contribution is -2.40. The largest absolute Gasteiger partial charge is 0.492 e. The molecular weight excluding hydrogens is 1270 g/mol. The minimum Gasteiger partial charge on any atom is -0.492 e. The van der Waals surface area contributed by atoms with Crippen LogP contribution in [0.1, 0.15) is 50.4 Å². The molecule has 29 nitrogen and oxygen atoms in total. The number of nitrogens with zero attached hydrogens (tertiary/aromatic N) is 14. The zero-order valence-corrected chi connectivity index (χ0v) is 55.7. The second-order valence-electron chi connectivity index (χ2n) is 24.3. The van der Waals surface area contributed by atoms with Crippen LogP contribution in [0.15, 0.2) is 159 Å². The third kappa shape index (κ3) is 16.7. The lowest BCUT2D eigenvalue weighted by Gasteiger charge is -2.23. The van der Waals surface area contributed by atoms with Crippen molar-refractivity contribution in [2.45, 2.75) is 52.1 Å². The number of rotatable bonds is 4. The van der Waals surface area contributed by atoms with Crippen LogP contribution in [0.4, 0.5) is 23.3 Å². The molecule has 0 radical (unpaired) electrons. The summed E-state index contributed by atoms with van der Waals surface area (Å²) in [5, 5.41) is 39.9. The molecule has 3 amide bonds. The van der Waals surface area contributed by atoms with Gasteiger partial charge in [0, 0.05) is 129 Å². The molecule has 12 aromatic rings. The Morgan fingerprint density at radius 2 is 1.03 bits per heavy atom. The van der Waals surface area contributed by atoms with E-state index in [9.17, 15) is 14.4 Å². The van der Waals surface area contributed by atoms with Gasteiger partial charge in [-0.05, 0) is 123 Å². The fraction of sp³-hybridized carbons (Fsp3) is 0.296. The average molecular weight is 1350 g/mol. The minimum atomic E-state index is -0.492. The number of ether oxygens (including phenoxy) is 4. The average Bonchev–Trinajstić information content (AvgIpc) is 1.67. The molecular formula is C71H78N22O7. The Labute approximate surface area is 575 Å². The Bertz CT molecular complexity index is 4840. The van der Waals surface area contributed by atoms with Crippen molar-refractivity contribution in [2.24, 2.45) is 5.73 Å². The highest BCUT2D eigenvalue weighted by Gasteiger charge is 2.19. The van der Waals surface area contributed by atoms with E-state index in [1.807, 2.05) is 117 Å². The Morgan fingerprint density at radius 3 is 1.68 bits per heavy atom. The first-order valence-corrected chi connectivity index (χ1v) is 33.4. The standard InChI is InChI=1S/C21H26N6O2.C17H17N5O2.C17H19N5O.C16H16N6O2/c1-2-3-6-26-8-5-23-19-4-7-27-21(25-19)18(14-24-27)15-11-16(20(22)28)13-17(12-15)29-10-9-26;1-11-8-18-15-5-6-22-17(21-15)14(9-19-22)12-3-2-4-13(7-12)24-10-16(23)20-11;1-12-10-18-6-8-23-14-4-2-3-13(9-14)15-11-19-22-7-5-16(20-12)21-17(15)22;23-15-10-24-12-6-11(7-17-8-12)13-9-20-22-5-2-14(21-16(13)22)18-3-1-4-19-15/h4,7,11-14H,2-3,5-6,8-10H2,1H3,(H2,22,28)(H,23,25);2-7,9,11H,8,10H2,1H3,(H,18,21)(H,20,23);2-5,7,9,11-12,18H,6,8,10H2,1H3,(H,20,21);2,5-9H,1,3-4,10H2,(H,18,21)(H,19,23). The molecule has 0 aliphatic carbocycles. The van der Waals surface area contributed by atoms with Gasteiger partial charge < -0.3 is 61.9 Å². The molecule has 4 aliphatic rings. The van der Waals surface area contributed by atoms with E-state index in [0.717, 1.165) is 149 Å². The third-order valence-corrected chi connectivity index (χ3v) is 16.6. The molecule has 13 heterocycles. The van der Waals surface area contributed by atoms with Gasteiger partial charge in [0.25, 0.3) is 11.8 Å². The molecule has 3 aromatic carbocycles. The first-order valence-electron chi connectivity index (χ1n) is 33.4. The number of carbonyl (C=O) groups is 3. The number of pyridine rings is 1. The lowest BCUT2D eigenvalue weighted by molar-refractivity contribution is -0.124. The lowest BCUT2D eigenvalue weighted by atomic mass is 10.0. The molecule has 0 saturated heterocycles. The van der Waals surface area contributed by atoms with Crippen LogP contribution >= 0.6 is 0 Å². The van der Waals surface area contributed by atoms with Crippen LogP contribution in [0, 0.1) is 0 Å².